The normalized spacial score (nSPS) is 15.6. The lowest BCUT2D eigenvalue weighted by Gasteiger charge is -2.32. The lowest BCUT2D eigenvalue weighted by molar-refractivity contribution is 0.347. The van der Waals surface area contributed by atoms with Crippen molar-refractivity contribution in [1.82, 2.24) is 5.32 Å². The molecular weight excluding hydrogens is 274 g/mol. The van der Waals surface area contributed by atoms with Gasteiger partial charge in [-0.15, -0.1) is 11.3 Å². The fourth-order valence-electron chi connectivity index (χ4n) is 3.08. The van der Waals surface area contributed by atoms with Crippen LogP contribution in [0.1, 0.15) is 55.2 Å². The standard InChI is InChI=1S/C19H27NS/c1-5-14(3)17(16-10-8-7-9-11-16)18(20-6-2)19-15(4)12-13-21-19/h7-14,17-18,20H,5-6H2,1-4H3. The fourth-order valence-corrected chi connectivity index (χ4v) is 4.13. The lowest BCUT2D eigenvalue weighted by Crippen LogP contribution is -2.30. The van der Waals surface area contributed by atoms with E-state index in [4.69, 9.17) is 0 Å². The summed E-state index contributed by atoms with van der Waals surface area (Å²) in [6.07, 6.45) is 1.20. The average Bonchev–Trinajstić information content (AvgIpc) is 2.93. The molecule has 0 saturated carbocycles. The number of benzene rings is 1. The quantitative estimate of drug-likeness (QED) is 0.708. The third-order valence-electron chi connectivity index (χ3n) is 4.41. The maximum atomic E-state index is 3.75. The first-order valence-electron chi connectivity index (χ1n) is 8.01. The molecule has 1 nitrogen and oxygen atoms in total. The highest BCUT2D eigenvalue weighted by Gasteiger charge is 2.29. The van der Waals surface area contributed by atoms with E-state index in [1.54, 1.807) is 0 Å². The van der Waals surface area contributed by atoms with Gasteiger partial charge in [-0.25, -0.2) is 0 Å². The number of thiophene rings is 1. The Morgan fingerprint density at radius 1 is 1.10 bits per heavy atom. The zero-order valence-electron chi connectivity index (χ0n) is 13.6. The molecule has 2 aromatic rings. The van der Waals surface area contributed by atoms with Crippen molar-refractivity contribution in [3.63, 3.8) is 0 Å². The second-order valence-corrected chi connectivity index (χ2v) is 6.77. The first-order chi connectivity index (χ1) is 10.2. The van der Waals surface area contributed by atoms with E-state index in [0.717, 1.165) is 6.54 Å². The van der Waals surface area contributed by atoms with E-state index in [9.17, 15) is 0 Å². The van der Waals surface area contributed by atoms with Crippen molar-refractivity contribution >= 4 is 11.3 Å². The van der Waals surface area contributed by atoms with Crippen LogP contribution in [0, 0.1) is 12.8 Å². The molecule has 0 aliphatic heterocycles. The van der Waals surface area contributed by atoms with E-state index in [-0.39, 0.29) is 0 Å². The Morgan fingerprint density at radius 2 is 1.81 bits per heavy atom. The molecule has 1 heterocycles. The molecule has 0 spiro atoms. The van der Waals surface area contributed by atoms with Gasteiger partial charge in [0.05, 0.1) is 0 Å². The summed E-state index contributed by atoms with van der Waals surface area (Å²) >= 11 is 1.89. The summed E-state index contributed by atoms with van der Waals surface area (Å²) in [7, 11) is 0. The Kier molecular flexibility index (Phi) is 6.01. The molecule has 3 unspecified atom stereocenters. The maximum absolute atomic E-state index is 3.75. The Bertz CT molecular complexity index is 532. The second-order valence-electron chi connectivity index (χ2n) is 5.83. The van der Waals surface area contributed by atoms with E-state index in [1.165, 1.54) is 22.4 Å². The van der Waals surface area contributed by atoms with Gasteiger partial charge in [0.2, 0.25) is 0 Å². The first-order valence-corrected chi connectivity index (χ1v) is 8.89. The molecule has 0 radical (unpaired) electrons. The summed E-state index contributed by atoms with van der Waals surface area (Å²) in [6.45, 7) is 10.1. The van der Waals surface area contributed by atoms with Gasteiger partial charge in [-0.3, -0.25) is 0 Å². The van der Waals surface area contributed by atoms with Crippen molar-refractivity contribution < 1.29 is 0 Å². The Labute approximate surface area is 133 Å². The summed E-state index contributed by atoms with van der Waals surface area (Å²) in [5.74, 6) is 1.17. The third kappa shape index (κ3) is 3.75. The number of nitrogens with one attached hydrogen (secondary N) is 1. The van der Waals surface area contributed by atoms with Crippen LogP contribution in [0.2, 0.25) is 0 Å². The molecule has 0 bridgehead atoms. The highest BCUT2D eigenvalue weighted by Crippen LogP contribution is 2.41. The van der Waals surface area contributed by atoms with Crippen LogP contribution in [-0.2, 0) is 0 Å². The van der Waals surface area contributed by atoms with Crippen molar-refractivity contribution in [1.29, 1.82) is 0 Å². The summed E-state index contributed by atoms with van der Waals surface area (Å²) in [5.41, 5.74) is 2.86. The van der Waals surface area contributed by atoms with Gasteiger partial charge >= 0.3 is 0 Å². The monoisotopic (exact) mass is 301 g/mol. The maximum Gasteiger partial charge on any atom is 0.0489 e. The van der Waals surface area contributed by atoms with Crippen LogP contribution in [0.5, 0.6) is 0 Å². The molecule has 0 fully saturated rings. The van der Waals surface area contributed by atoms with Crippen molar-refractivity contribution in [2.45, 2.75) is 46.1 Å². The van der Waals surface area contributed by atoms with Gasteiger partial charge < -0.3 is 5.32 Å². The topological polar surface area (TPSA) is 12.0 Å². The zero-order valence-corrected chi connectivity index (χ0v) is 14.4. The molecule has 3 atom stereocenters. The first kappa shape index (κ1) is 16.3. The van der Waals surface area contributed by atoms with Gasteiger partial charge in [-0.2, -0.15) is 0 Å². The zero-order chi connectivity index (χ0) is 15.2. The van der Waals surface area contributed by atoms with Crippen LogP contribution < -0.4 is 5.32 Å². The Morgan fingerprint density at radius 3 is 2.33 bits per heavy atom. The summed E-state index contributed by atoms with van der Waals surface area (Å²) in [4.78, 5) is 1.49. The van der Waals surface area contributed by atoms with Crippen molar-refractivity contribution in [3.8, 4) is 0 Å². The van der Waals surface area contributed by atoms with E-state index in [1.807, 2.05) is 11.3 Å². The number of aryl methyl sites for hydroxylation is 1. The summed E-state index contributed by atoms with van der Waals surface area (Å²) in [6, 6.07) is 13.6. The number of hydrogen-bond acceptors (Lipinski definition) is 2. The van der Waals surface area contributed by atoms with Crippen LogP contribution in [-0.4, -0.2) is 6.54 Å². The second kappa shape index (κ2) is 7.77. The highest BCUT2D eigenvalue weighted by molar-refractivity contribution is 7.10. The molecule has 0 saturated heterocycles. The Balaban J connectivity index is 2.43. The van der Waals surface area contributed by atoms with Crippen LogP contribution >= 0.6 is 11.3 Å². The number of rotatable bonds is 7. The molecule has 0 aliphatic rings. The van der Waals surface area contributed by atoms with Crippen LogP contribution in [0.3, 0.4) is 0 Å². The van der Waals surface area contributed by atoms with Crippen LogP contribution in [0.4, 0.5) is 0 Å². The van der Waals surface area contributed by atoms with E-state index < -0.39 is 0 Å². The fraction of sp³-hybridized carbons (Fsp3) is 0.474. The summed E-state index contributed by atoms with van der Waals surface area (Å²) < 4.78 is 0. The number of likely N-dealkylation sites (N-methyl/N-ethyl adjacent to an activating group) is 1. The van der Waals surface area contributed by atoms with Crippen molar-refractivity contribution in [2.75, 3.05) is 6.54 Å². The van der Waals surface area contributed by atoms with Gasteiger partial charge in [0, 0.05) is 16.8 Å². The average molecular weight is 301 g/mol. The lowest BCUT2D eigenvalue weighted by atomic mass is 9.79. The van der Waals surface area contributed by atoms with E-state index >= 15 is 0 Å². The molecule has 21 heavy (non-hydrogen) atoms. The molecule has 114 valence electrons. The third-order valence-corrected chi connectivity index (χ3v) is 5.51. The Hall–Kier alpha value is -1.12. The minimum absolute atomic E-state index is 0.410. The van der Waals surface area contributed by atoms with Gasteiger partial charge in [-0.05, 0) is 42.0 Å². The smallest absolute Gasteiger partial charge is 0.0489 e. The molecule has 2 rings (SSSR count). The van der Waals surface area contributed by atoms with Crippen molar-refractivity contribution in [3.05, 3.63) is 57.8 Å². The van der Waals surface area contributed by atoms with Gasteiger partial charge in [0.15, 0.2) is 0 Å². The molecule has 1 N–H and O–H groups in total. The van der Waals surface area contributed by atoms with Crippen LogP contribution in [0.15, 0.2) is 41.8 Å². The molecule has 1 aromatic heterocycles. The minimum atomic E-state index is 0.410. The van der Waals surface area contributed by atoms with Gasteiger partial charge in [0.25, 0.3) is 0 Å². The minimum Gasteiger partial charge on any atom is -0.309 e. The number of hydrogen-bond donors (Lipinski definition) is 1. The van der Waals surface area contributed by atoms with Crippen molar-refractivity contribution in [2.24, 2.45) is 5.92 Å². The molecule has 0 amide bonds. The van der Waals surface area contributed by atoms with Crippen LogP contribution in [0.25, 0.3) is 0 Å². The molecule has 0 aliphatic carbocycles. The van der Waals surface area contributed by atoms with Gasteiger partial charge in [-0.1, -0.05) is 57.5 Å². The highest BCUT2D eigenvalue weighted by atomic mass is 32.1. The molecule has 2 heteroatoms. The predicted octanol–water partition coefficient (Wildman–Crippen LogP) is 5.54. The SMILES string of the molecule is CCNC(c1sccc1C)C(c1ccccc1)C(C)CC. The largest absolute Gasteiger partial charge is 0.309 e. The van der Waals surface area contributed by atoms with E-state index in [0.29, 0.717) is 17.9 Å². The summed E-state index contributed by atoms with van der Waals surface area (Å²) in [5, 5.41) is 5.97. The van der Waals surface area contributed by atoms with Gasteiger partial charge in [0.1, 0.15) is 0 Å². The predicted molar refractivity (Wildman–Crippen MR) is 94.1 cm³/mol. The molecule has 1 aromatic carbocycles. The molecular formula is C19H27NS. The van der Waals surface area contributed by atoms with E-state index in [2.05, 4.69) is 74.8 Å².